The molecule has 0 saturated carbocycles. The van der Waals surface area contributed by atoms with E-state index in [9.17, 15) is 4.79 Å². The third kappa shape index (κ3) is 7.50. The molecule has 0 heterocycles. The van der Waals surface area contributed by atoms with E-state index in [4.69, 9.17) is 9.16 Å². The Balaban J connectivity index is 1.77. The van der Waals surface area contributed by atoms with E-state index in [0.717, 1.165) is 31.1 Å². The summed E-state index contributed by atoms with van der Waals surface area (Å²) in [6.45, 7) is 12.4. The SMILES string of the molecule is CC[C@H](CC[C@H](OCc1ccccc1)[C@@H](C)C=O)CO[Si](c1ccccc1)(c1ccccc1)C(C)(C)C. The molecular weight excluding hydrogens is 472 g/mol. The van der Waals surface area contributed by atoms with Gasteiger partial charge in [0.15, 0.2) is 0 Å². The van der Waals surface area contributed by atoms with E-state index in [1.807, 2.05) is 25.1 Å². The van der Waals surface area contributed by atoms with E-state index in [0.29, 0.717) is 19.1 Å². The van der Waals surface area contributed by atoms with Crippen LogP contribution in [0.15, 0.2) is 91.0 Å². The van der Waals surface area contributed by atoms with Crippen LogP contribution in [-0.2, 0) is 20.6 Å². The van der Waals surface area contributed by atoms with Crippen molar-refractivity contribution < 1.29 is 14.0 Å². The van der Waals surface area contributed by atoms with Crippen molar-refractivity contribution in [3.05, 3.63) is 96.6 Å². The molecule has 0 N–H and O–H groups in total. The van der Waals surface area contributed by atoms with Crippen molar-refractivity contribution in [1.29, 1.82) is 0 Å². The molecule has 0 aromatic heterocycles. The number of rotatable bonds is 14. The van der Waals surface area contributed by atoms with Gasteiger partial charge in [-0.15, -0.1) is 0 Å². The molecule has 0 spiro atoms. The Labute approximate surface area is 225 Å². The molecular formula is C33H44O3Si. The number of hydrogen-bond donors (Lipinski definition) is 0. The first-order valence-corrected chi connectivity index (χ1v) is 15.6. The molecule has 0 aliphatic carbocycles. The van der Waals surface area contributed by atoms with Gasteiger partial charge in [0.25, 0.3) is 8.32 Å². The highest BCUT2D eigenvalue weighted by Gasteiger charge is 2.50. The first kappa shape index (κ1) is 29.0. The fourth-order valence-electron chi connectivity index (χ4n) is 5.17. The highest BCUT2D eigenvalue weighted by molar-refractivity contribution is 6.99. The van der Waals surface area contributed by atoms with E-state index in [2.05, 4.69) is 100 Å². The van der Waals surface area contributed by atoms with Crippen LogP contribution in [0.25, 0.3) is 0 Å². The van der Waals surface area contributed by atoms with E-state index in [1.54, 1.807) is 0 Å². The molecule has 4 heteroatoms. The Morgan fingerprint density at radius 1 is 0.811 bits per heavy atom. The molecule has 0 saturated heterocycles. The molecule has 0 unspecified atom stereocenters. The smallest absolute Gasteiger partial charge is 0.261 e. The van der Waals surface area contributed by atoms with Crippen molar-refractivity contribution in [3.63, 3.8) is 0 Å². The van der Waals surface area contributed by atoms with E-state index >= 15 is 0 Å². The second kappa shape index (κ2) is 13.9. The quantitative estimate of drug-likeness (QED) is 0.175. The first-order chi connectivity index (χ1) is 17.8. The van der Waals surface area contributed by atoms with Crippen molar-refractivity contribution in [2.45, 2.75) is 71.6 Å². The monoisotopic (exact) mass is 516 g/mol. The molecule has 3 rings (SSSR count). The lowest BCUT2D eigenvalue weighted by molar-refractivity contribution is -0.116. The molecule has 3 aromatic carbocycles. The maximum absolute atomic E-state index is 11.7. The first-order valence-electron chi connectivity index (χ1n) is 13.7. The normalized spacial score (nSPS) is 14.6. The molecule has 0 amide bonds. The molecule has 0 bridgehead atoms. The Kier molecular flexibility index (Phi) is 10.9. The number of aldehydes is 1. The summed E-state index contributed by atoms with van der Waals surface area (Å²) < 4.78 is 13.4. The van der Waals surface area contributed by atoms with Gasteiger partial charge in [-0.3, -0.25) is 0 Å². The van der Waals surface area contributed by atoms with Crippen LogP contribution in [0.4, 0.5) is 0 Å². The van der Waals surface area contributed by atoms with Crippen LogP contribution in [0.5, 0.6) is 0 Å². The molecule has 0 fully saturated rings. The fourth-order valence-corrected chi connectivity index (χ4v) is 9.81. The van der Waals surface area contributed by atoms with Crippen molar-refractivity contribution in [2.75, 3.05) is 6.61 Å². The van der Waals surface area contributed by atoms with Gasteiger partial charge in [-0.1, -0.05) is 132 Å². The summed E-state index contributed by atoms with van der Waals surface area (Å²) >= 11 is 0. The predicted octanol–water partition coefficient (Wildman–Crippen LogP) is 6.79. The zero-order valence-electron chi connectivity index (χ0n) is 23.2. The van der Waals surface area contributed by atoms with Crippen LogP contribution in [0.2, 0.25) is 5.04 Å². The maximum atomic E-state index is 11.7. The lowest BCUT2D eigenvalue weighted by atomic mass is 9.94. The molecule has 3 atom stereocenters. The molecule has 37 heavy (non-hydrogen) atoms. The predicted molar refractivity (Wildman–Crippen MR) is 157 cm³/mol. The largest absolute Gasteiger partial charge is 0.407 e. The van der Waals surface area contributed by atoms with E-state index in [-0.39, 0.29) is 17.1 Å². The Morgan fingerprint density at radius 3 is 1.78 bits per heavy atom. The van der Waals surface area contributed by atoms with Crippen molar-refractivity contribution in [1.82, 2.24) is 0 Å². The lowest BCUT2D eigenvalue weighted by Crippen LogP contribution is -2.66. The Morgan fingerprint density at radius 2 is 1.32 bits per heavy atom. The van der Waals surface area contributed by atoms with Gasteiger partial charge in [0.1, 0.15) is 6.29 Å². The summed E-state index contributed by atoms with van der Waals surface area (Å²) in [4.78, 5) is 11.7. The summed E-state index contributed by atoms with van der Waals surface area (Å²) in [5.74, 6) is 0.252. The summed E-state index contributed by atoms with van der Waals surface area (Å²) in [5.41, 5.74) is 1.13. The van der Waals surface area contributed by atoms with Crippen LogP contribution in [0.3, 0.4) is 0 Å². The molecule has 198 valence electrons. The van der Waals surface area contributed by atoms with Crippen molar-refractivity contribution >= 4 is 25.0 Å². The third-order valence-corrected chi connectivity index (χ3v) is 12.5. The van der Waals surface area contributed by atoms with Gasteiger partial charge in [0.2, 0.25) is 0 Å². The highest BCUT2D eigenvalue weighted by atomic mass is 28.4. The van der Waals surface area contributed by atoms with Crippen LogP contribution in [0.1, 0.15) is 59.4 Å². The van der Waals surface area contributed by atoms with Crippen molar-refractivity contribution in [3.8, 4) is 0 Å². The van der Waals surface area contributed by atoms with Crippen molar-refractivity contribution in [2.24, 2.45) is 11.8 Å². The van der Waals surface area contributed by atoms with Gasteiger partial charge < -0.3 is 14.0 Å². The molecule has 3 aromatic rings. The van der Waals surface area contributed by atoms with Gasteiger partial charge >= 0.3 is 0 Å². The number of carbonyl (C=O) groups excluding carboxylic acids is 1. The minimum atomic E-state index is -2.56. The molecule has 0 aliphatic rings. The zero-order chi connectivity index (χ0) is 26.7. The van der Waals surface area contributed by atoms with Gasteiger partial charge in [-0.25, -0.2) is 0 Å². The van der Waals surface area contributed by atoms with E-state index < -0.39 is 8.32 Å². The standard InChI is InChI=1S/C33H44O3Si/c1-6-28(22-23-32(27(2)24-34)35-25-29-16-10-7-11-17-29)26-36-37(33(3,4)5,30-18-12-8-13-19-30)31-20-14-9-15-21-31/h7-21,24,27-28,32H,6,22-23,25-26H2,1-5H3/t27-,28+,32-/m0/s1. The fraction of sp³-hybridized carbons (Fsp3) is 0.424. The van der Waals surface area contributed by atoms with E-state index in [1.165, 1.54) is 10.4 Å². The van der Waals surface area contributed by atoms with Gasteiger partial charge in [-0.2, -0.15) is 0 Å². The maximum Gasteiger partial charge on any atom is 0.261 e. The average molecular weight is 517 g/mol. The van der Waals surface area contributed by atoms with Crippen LogP contribution in [-0.4, -0.2) is 27.3 Å². The van der Waals surface area contributed by atoms with Crippen LogP contribution < -0.4 is 10.4 Å². The molecule has 0 radical (unpaired) electrons. The lowest BCUT2D eigenvalue weighted by Gasteiger charge is -2.43. The number of hydrogen-bond acceptors (Lipinski definition) is 3. The topological polar surface area (TPSA) is 35.5 Å². The minimum Gasteiger partial charge on any atom is -0.407 e. The number of ether oxygens (including phenoxy) is 1. The summed E-state index contributed by atoms with van der Waals surface area (Å²) in [5, 5.41) is 2.57. The summed E-state index contributed by atoms with van der Waals surface area (Å²) in [6, 6.07) is 31.8. The Bertz CT molecular complexity index is 1010. The van der Waals surface area contributed by atoms with Gasteiger partial charge in [0, 0.05) is 12.5 Å². The third-order valence-electron chi connectivity index (χ3n) is 7.50. The average Bonchev–Trinajstić information content (AvgIpc) is 2.92. The molecule has 3 nitrogen and oxygen atoms in total. The number of benzene rings is 3. The van der Waals surface area contributed by atoms with Gasteiger partial charge in [-0.05, 0) is 39.7 Å². The summed E-state index contributed by atoms with van der Waals surface area (Å²) in [7, 11) is -2.56. The minimum absolute atomic E-state index is 0.0403. The number of carbonyl (C=O) groups is 1. The molecule has 0 aliphatic heterocycles. The second-order valence-corrected chi connectivity index (χ2v) is 15.5. The highest BCUT2D eigenvalue weighted by Crippen LogP contribution is 2.37. The Hall–Kier alpha value is -2.53. The van der Waals surface area contributed by atoms with Crippen LogP contribution >= 0.6 is 0 Å². The summed E-state index contributed by atoms with van der Waals surface area (Å²) in [6.07, 6.45) is 3.76. The van der Waals surface area contributed by atoms with Crippen LogP contribution in [0, 0.1) is 11.8 Å². The zero-order valence-corrected chi connectivity index (χ0v) is 24.2. The van der Waals surface area contributed by atoms with Gasteiger partial charge in [0.05, 0.1) is 12.7 Å². The second-order valence-electron chi connectivity index (χ2n) is 11.2.